The van der Waals surface area contributed by atoms with E-state index in [0.29, 0.717) is 0 Å². The van der Waals surface area contributed by atoms with Gasteiger partial charge in [0.25, 0.3) is 0 Å². The summed E-state index contributed by atoms with van der Waals surface area (Å²) in [5.41, 5.74) is 10.6. The summed E-state index contributed by atoms with van der Waals surface area (Å²) in [5.74, 6) is 0.878. The molecule has 3 nitrogen and oxygen atoms in total. The Labute approximate surface area is 209 Å². The summed E-state index contributed by atoms with van der Waals surface area (Å²) in [7, 11) is 1.65. The predicted octanol–water partition coefficient (Wildman–Crippen LogP) is 6.10. The number of nitrogens with zero attached hydrogens (tertiary/aromatic N) is 2. The standard InChI is InChI=1S/C21H26N2.C7H7O.Au/c1-14-9-16(3)20(17(4)10-14)22-7-8-23(13-22)21-18(5)11-15(2)12-19(21)6;1-8-7-5-3-2-4-6-7;/h9-12H,7-8H2,1-6H3;3-6H,1H3;/q;-1;. The van der Waals surface area contributed by atoms with Gasteiger partial charge in [0.1, 0.15) is 13.1 Å². The Morgan fingerprint density at radius 3 is 1.78 bits per heavy atom. The van der Waals surface area contributed by atoms with Crippen LogP contribution in [0.15, 0.2) is 48.5 Å². The number of ether oxygens (including phenoxy) is 1. The molecule has 0 saturated carbocycles. The van der Waals surface area contributed by atoms with Crippen molar-refractivity contribution >= 4 is 17.7 Å². The van der Waals surface area contributed by atoms with Gasteiger partial charge in [-0.3, -0.25) is 0 Å². The van der Waals surface area contributed by atoms with E-state index in [1.54, 1.807) is 7.11 Å². The van der Waals surface area contributed by atoms with Crippen molar-refractivity contribution in [3.8, 4) is 5.75 Å². The molecule has 0 fully saturated rings. The van der Waals surface area contributed by atoms with Crippen LogP contribution in [0.2, 0.25) is 0 Å². The van der Waals surface area contributed by atoms with E-state index in [0.717, 1.165) is 18.8 Å². The van der Waals surface area contributed by atoms with Gasteiger partial charge in [-0.05, 0) is 41.5 Å². The molecule has 0 spiro atoms. The third-order valence-corrected chi connectivity index (χ3v) is 5.52. The Hall–Kier alpha value is -2.33. The molecule has 0 atom stereocenters. The molecule has 0 aromatic heterocycles. The van der Waals surface area contributed by atoms with Crippen LogP contribution in [-0.4, -0.2) is 31.1 Å². The van der Waals surface area contributed by atoms with Crippen LogP contribution in [0.3, 0.4) is 0 Å². The number of anilines is 1. The molecule has 32 heavy (non-hydrogen) atoms. The molecule has 4 rings (SSSR count). The number of hydrogen-bond donors (Lipinski definition) is 0. The fraction of sp³-hybridized carbons (Fsp3) is 0.321. The molecule has 3 aromatic carbocycles. The molecule has 0 bridgehead atoms. The number of aryl methyl sites for hydroxylation is 6. The Morgan fingerprint density at radius 2 is 1.31 bits per heavy atom. The monoisotopic (exact) mass is 610 g/mol. The van der Waals surface area contributed by atoms with Crippen LogP contribution in [0.25, 0.3) is 0 Å². The van der Waals surface area contributed by atoms with Gasteiger partial charge in [-0.25, -0.2) is 0 Å². The minimum atomic E-state index is 0. The van der Waals surface area contributed by atoms with Gasteiger partial charge in [0.15, 0.2) is 0 Å². The Balaban J connectivity index is 0.000000342. The molecule has 1 aliphatic heterocycles. The first-order valence-electron chi connectivity index (χ1n) is 10.8. The second-order valence-electron chi connectivity index (χ2n) is 8.34. The van der Waals surface area contributed by atoms with Crippen LogP contribution < -0.4 is 9.64 Å². The smallest absolute Gasteiger partial charge is 0.206 e. The van der Waals surface area contributed by atoms with Gasteiger partial charge in [0, 0.05) is 39.5 Å². The first-order chi connectivity index (χ1) is 14.8. The molecule has 0 saturated heterocycles. The van der Waals surface area contributed by atoms with Gasteiger partial charge < -0.3 is 14.2 Å². The molecule has 173 valence electrons. The first kappa shape index (κ1) is 25.9. The van der Waals surface area contributed by atoms with Gasteiger partial charge in [-0.15, -0.1) is 12.1 Å². The van der Waals surface area contributed by atoms with E-state index in [9.17, 15) is 0 Å². The molecule has 0 unspecified atom stereocenters. The maximum absolute atomic E-state index is 4.89. The van der Waals surface area contributed by atoms with Gasteiger partial charge in [-0.2, -0.15) is 18.2 Å². The Bertz CT molecular complexity index is 1040. The summed E-state index contributed by atoms with van der Waals surface area (Å²) >= 11 is 0. The Kier molecular flexibility index (Phi) is 9.33. The fourth-order valence-corrected chi connectivity index (χ4v) is 4.47. The second kappa shape index (κ2) is 11.5. The van der Waals surface area contributed by atoms with Gasteiger partial charge in [-0.1, -0.05) is 57.6 Å². The van der Waals surface area contributed by atoms with Crippen LogP contribution in [0.5, 0.6) is 5.75 Å². The van der Waals surface area contributed by atoms with E-state index in [1.165, 1.54) is 44.8 Å². The van der Waals surface area contributed by atoms with E-state index >= 15 is 0 Å². The zero-order chi connectivity index (χ0) is 22.5. The van der Waals surface area contributed by atoms with E-state index < -0.39 is 0 Å². The third-order valence-electron chi connectivity index (χ3n) is 5.52. The zero-order valence-electron chi connectivity index (χ0n) is 20.1. The average molecular weight is 611 g/mol. The molecule has 3 aromatic rings. The van der Waals surface area contributed by atoms with Crippen molar-refractivity contribution in [2.45, 2.75) is 41.5 Å². The predicted molar refractivity (Wildman–Crippen MR) is 130 cm³/mol. The van der Waals surface area contributed by atoms with Crippen LogP contribution in [0.1, 0.15) is 33.4 Å². The molecule has 1 heterocycles. The second-order valence-corrected chi connectivity index (χ2v) is 8.34. The third kappa shape index (κ3) is 6.13. The first-order valence-corrected chi connectivity index (χ1v) is 10.8. The van der Waals surface area contributed by atoms with Crippen molar-refractivity contribution in [3.05, 3.63) is 88.0 Å². The largest absolute Gasteiger partial charge is 0.522 e. The number of hydrogen-bond acceptors (Lipinski definition) is 2. The summed E-state index contributed by atoms with van der Waals surface area (Å²) in [4.78, 5) is 2.28. The topological polar surface area (TPSA) is 15.5 Å². The molecular weight excluding hydrogens is 577 g/mol. The summed E-state index contributed by atoms with van der Waals surface area (Å²) in [6.07, 6.45) is 3.59. The van der Waals surface area contributed by atoms with Crippen molar-refractivity contribution in [1.82, 2.24) is 0 Å². The molecule has 1 aliphatic rings. The number of rotatable bonds is 3. The van der Waals surface area contributed by atoms with E-state index in [-0.39, 0.29) is 22.4 Å². The fourth-order valence-electron chi connectivity index (χ4n) is 4.47. The number of methoxy groups -OCH3 is 1. The summed E-state index contributed by atoms with van der Waals surface area (Å²) in [5, 5.41) is 0. The molecule has 1 radical (unpaired) electrons. The van der Waals surface area contributed by atoms with Crippen LogP contribution in [-0.2, 0) is 22.4 Å². The minimum absolute atomic E-state index is 0. The van der Waals surface area contributed by atoms with Crippen molar-refractivity contribution < 1.29 is 31.7 Å². The van der Waals surface area contributed by atoms with Crippen molar-refractivity contribution in [2.75, 3.05) is 25.1 Å². The van der Waals surface area contributed by atoms with Crippen molar-refractivity contribution in [3.63, 3.8) is 0 Å². The van der Waals surface area contributed by atoms with E-state index in [2.05, 4.69) is 87.7 Å². The van der Waals surface area contributed by atoms with Crippen molar-refractivity contribution in [1.29, 1.82) is 0 Å². The zero-order valence-corrected chi connectivity index (χ0v) is 22.3. The van der Waals surface area contributed by atoms with Crippen LogP contribution in [0.4, 0.5) is 11.4 Å². The maximum atomic E-state index is 4.89. The average Bonchev–Trinajstić information content (AvgIpc) is 3.16. The van der Waals surface area contributed by atoms with Crippen LogP contribution >= 0.6 is 0 Å². The quantitative estimate of drug-likeness (QED) is 0.203. The van der Waals surface area contributed by atoms with Gasteiger partial charge >= 0.3 is 0 Å². The minimum Gasteiger partial charge on any atom is -0.522 e. The van der Waals surface area contributed by atoms with E-state index in [4.69, 9.17) is 4.74 Å². The molecule has 0 aliphatic carbocycles. The van der Waals surface area contributed by atoms with Gasteiger partial charge in [0.05, 0.1) is 7.11 Å². The molecule has 0 N–H and O–H groups in total. The van der Waals surface area contributed by atoms with Crippen LogP contribution in [0, 0.1) is 47.6 Å². The summed E-state index contributed by atoms with van der Waals surface area (Å²) < 4.78 is 7.17. The molecular formula is C28H33AuN2O-. The van der Waals surface area contributed by atoms with Gasteiger partial charge in [0.2, 0.25) is 6.34 Å². The molecule has 4 heteroatoms. The van der Waals surface area contributed by atoms with E-state index in [1.807, 2.05) is 24.3 Å². The normalized spacial score (nSPS) is 12.5. The maximum Gasteiger partial charge on any atom is 0.206 e. The Morgan fingerprint density at radius 1 is 0.812 bits per heavy atom. The molecule has 0 amide bonds. The summed E-state index contributed by atoms with van der Waals surface area (Å²) in [6, 6.07) is 19.3. The summed E-state index contributed by atoms with van der Waals surface area (Å²) in [6.45, 7) is 15.1. The SMILES string of the molecule is COc1cc[c-]cc1.Cc1cc(C)c(N2[C-]=[N+](c3c(C)cc(C)cc3C)CC2)c(C)c1.[Au]. The van der Waals surface area contributed by atoms with Crippen molar-refractivity contribution in [2.24, 2.45) is 0 Å². The number of benzene rings is 3.